The van der Waals surface area contributed by atoms with E-state index in [0.29, 0.717) is 6.04 Å². The summed E-state index contributed by atoms with van der Waals surface area (Å²) in [5, 5.41) is 7.21. The van der Waals surface area contributed by atoms with Gasteiger partial charge in [-0.3, -0.25) is 0 Å². The van der Waals surface area contributed by atoms with Crippen molar-refractivity contribution < 1.29 is 0 Å². The van der Waals surface area contributed by atoms with Crippen molar-refractivity contribution in [3.8, 4) is 0 Å². The first-order chi connectivity index (χ1) is 8.43. The Bertz CT molecular complexity index is 359. The number of rotatable bonds is 7. The minimum absolute atomic E-state index is 0.0581. The lowest BCUT2D eigenvalue weighted by atomic mass is 9.84. The van der Waals surface area contributed by atoms with E-state index in [0.717, 1.165) is 18.0 Å². The van der Waals surface area contributed by atoms with Crippen LogP contribution in [0.4, 0.5) is 0 Å². The SMILES string of the molecule is CCC(C)CC(CC)(NC(C)C)c1nc(C)cs1. The van der Waals surface area contributed by atoms with Crippen LogP contribution in [-0.4, -0.2) is 11.0 Å². The van der Waals surface area contributed by atoms with E-state index in [1.165, 1.54) is 17.8 Å². The molecule has 0 bridgehead atoms. The van der Waals surface area contributed by atoms with Crippen molar-refractivity contribution in [1.29, 1.82) is 0 Å². The average molecular weight is 268 g/mol. The van der Waals surface area contributed by atoms with E-state index < -0.39 is 0 Å². The van der Waals surface area contributed by atoms with E-state index in [-0.39, 0.29) is 5.54 Å². The Morgan fingerprint density at radius 2 is 2.00 bits per heavy atom. The number of aromatic nitrogens is 1. The Balaban J connectivity index is 3.04. The predicted octanol–water partition coefficient (Wildman–Crippen LogP) is 4.49. The van der Waals surface area contributed by atoms with Crippen molar-refractivity contribution in [3.63, 3.8) is 0 Å². The summed E-state index contributed by atoms with van der Waals surface area (Å²) in [6, 6.07) is 0.484. The van der Waals surface area contributed by atoms with Gasteiger partial charge in [0.15, 0.2) is 0 Å². The van der Waals surface area contributed by atoms with Gasteiger partial charge in [0.2, 0.25) is 0 Å². The highest BCUT2D eigenvalue weighted by Crippen LogP contribution is 2.35. The Kier molecular flexibility index (Phi) is 5.80. The number of nitrogens with zero attached hydrogens (tertiary/aromatic N) is 1. The van der Waals surface area contributed by atoms with Crippen LogP contribution in [0, 0.1) is 12.8 Å². The molecule has 1 rings (SSSR count). The Morgan fingerprint density at radius 1 is 1.33 bits per heavy atom. The van der Waals surface area contributed by atoms with E-state index in [2.05, 4.69) is 52.2 Å². The van der Waals surface area contributed by atoms with Crippen molar-refractivity contribution >= 4 is 11.3 Å². The molecule has 0 spiro atoms. The summed E-state index contributed by atoms with van der Waals surface area (Å²) in [6.07, 6.45) is 3.50. The molecule has 1 aromatic heterocycles. The van der Waals surface area contributed by atoms with Crippen LogP contribution in [0.15, 0.2) is 5.38 Å². The van der Waals surface area contributed by atoms with Crippen molar-refractivity contribution in [3.05, 3.63) is 16.1 Å². The van der Waals surface area contributed by atoms with Crippen LogP contribution >= 0.6 is 11.3 Å². The molecule has 1 heterocycles. The van der Waals surface area contributed by atoms with Gasteiger partial charge >= 0.3 is 0 Å². The second-order valence-corrected chi connectivity index (χ2v) is 6.60. The second kappa shape index (κ2) is 6.67. The van der Waals surface area contributed by atoms with Crippen molar-refractivity contribution in [1.82, 2.24) is 10.3 Å². The fourth-order valence-electron chi connectivity index (χ4n) is 2.47. The molecule has 0 saturated carbocycles. The summed E-state index contributed by atoms with van der Waals surface area (Å²) in [5.41, 5.74) is 1.20. The molecular formula is C15H28N2S. The number of aryl methyl sites for hydroxylation is 1. The molecule has 1 N–H and O–H groups in total. The van der Waals surface area contributed by atoms with Crippen molar-refractivity contribution in [2.75, 3.05) is 0 Å². The van der Waals surface area contributed by atoms with Gasteiger partial charge < -0.3 is 5.32 Å². The highest BCUT2D eigenvalue weighted by atomic mass is 32.1. The second-order valence-electron chi connectivity index (χ2n) is 5.75. The maximum Gasteiger partial charge on any atom is 0.113 e. The summed E-state index contributed by atoms with van der Waals surface area (Å²) in [6.45, 7) is 13.4. The zero-order valence-corrected chi connectivity index (χ0v) is 13.5. The quantitative estimate of drug-likeness (QED) is 0.788. The topological polar surface area (TPSA) is 24.9 Å². The Morgan fingerprint density at radius 3 is 2.39 bits per heavy atom. The maximum atomic E-state index is 4.75. The molecule has 3 heteroatoms. The fraction of sp³-hybridized carbons (Fsp3) is 0.800. The van der Waals surface area contributed by atoms with E-state index in [4.69, 9.17) is 4.98 Å². The van der Waals surface area contributed by atoms with Gasteiger partial charge in [-0.1, -0.05) is 27.2 Å². The number of hydrogen-bond acceptors (Lipinski definition) is 3. The molecular weight excluding hydrogens is 240 g/mol. The highest BCUT2D eigenvalue weighted by molar-refractivity contribution is 7.09. The van der Waals surface area contributed by atoms with Gasteiger partial charge in [-0.2, -0.15) is 0 Å². The van der Waals surface area contributed by atoms with Gasteiger partial charge in [0.05, 0.1) is 5.54 Å². The standard InChI is InChI=1S/C15H28N2S/c1-7-12(5)9-15(8-2,17-11(3)4)14-16-13(6)10-18-14/h10-12,17H,7-9H2,1-6H3. The molecule has 2 unspecified atom stereocenters. The molecule has 0 amide bonds. The average Bonchev–Trinajstić information content (AvgIpc) is 2.74. The molecule has 0 aliphatic rings. The minimum atomic E-state index is 0.0581. The monoisotopic (exact) mass is 268 g/mol. The zero-order valence-electron chi connectivity index (χ0n) is 12.7. The maximum absolute atomic E-state index is 4.75. The summed E-state index contributed by atoms with van der Waals surface area (Å²) < 4.78 is 0. The van der Waals surface area contributed by atoms with Crippen LogP contribution in [0.1, 0.15) is 64.6 Å². The Labute approximate surface area is 116 Å². The molecule has 0 aliphatic carbocycles. The van der Waals surface area contributed by atoms with Gasteiger partial charge in [0.1, 0.15) is 5.01 Å². The lowest BCUT2D eigenvalue weighted by Crippen LogP contribution is -2.46. The third-order valence-electron chi connectivity index (χ3n) is 3.59. The molecule has 2 atom stereocenters. The van der Waals surface area contributed by atoms with Crippen LogP contribution < -0.4 is 5.32 Å². The van der Waals surface area contributed by atoms with Crippen LogP contribution in [0.5, 0.6) is 0 Å². The minimum Gasteiger partial charge on any atom is -0.303 e. The number of hydrogen-bond donors (Lipinski definition) is 1. The molecule has 0 fully saturated rings. The first kappa shape index (κ1) is 15.6. The van der Waals surface area contributed by atoms with Gasteiger partial charge in [0.25, 0.3) is 0 Å². The molecule has 2 nitrogen and oxygen atoms in total. The summed E-state index contributed by atoms with van der Waals surface area (Å²) >= 11 is 1.80. The normalized spacial score (nSPS) is 16.8. The number of thiazole rings is 1. The van der Waals surface area contributed by atoms with Crippen LogP contribution in [0.25, 0.3) is 0 Å². The first-order valence-electron chi connectivity index (χ1n) is 7.13. The Hall–Kier alpha value is -0.410. The van der Waals surface area contributed by atoms with E-state index in [1.54, 1.807) is 11.3 Å². The van der Waals surface area contributed by atoms with Crippen molar-refractivity contribution in [2.45, 2.75) is 72.4 Å². The number of nitrogens with one attached hydrogen (secondary N) is 1. The molecule has 0 saturated heterocycles. The zero-order chi connectivity index (χ0) is 13.8. The summed E-state index contributed by atoms with van der Waals surface area (Å²) in [7, 11) is 0. The van der Waals surface area contributed by atoms with E-state index in [9.17, 15) is 0 Å². The summed E-state index contributed by atoms with van der Waals surface area (Å²) in [5.74, 6) is 0.723. The molecule has 18 heavy (non-hydrogen) atoms. The van der Waals surface area contributed by atoms with Gasteiger partial charge in [-0.15, -0.1) is 11.3 Å². The third kappa shape index (κ3) is 3.79. The van der Waals surface area contributed by atoms with Gasteiger partial charge in [0, 0.05) is 17.1 Å². The van der Waals surface area contributed by atoms with Crippen LogP contribution in [0.3, 0.4) is 0 Å². The van der Waals surface area contributed by atoms with Gasteiger partial charge in [-0.25, -0.2) is 4.98 Å². The van der Waals surface area contributed by atoms with Crippen molar-refractivity contribution in [2.24, 2.45) is 5.92 Å². The smallest absolute Gasteiger partial charge is 0.113 e. The fourth-order valence-corrected chi connectivity index (χ4v) is 3.51. The predicted molar refractivity (Wildman–Crippen MR) is 81.2 cm³/mol. The molecule has 0 aliphatic heterocycles. The van der Waals surface area contributed by atoms with Crippen LogP contribution in [0.2, 0.25) is 0 Å². The third-order valence-corrected chi connectivity index (χ3v) is 4.76. The molecule has 0 radical (unpaired) electrons. The molecule has 0 aromatic carbocycles. The van der Waals surface area contributed by atoms with Gasteiger partial charge in [-0.05, 0) is 39.5 Å². The summed E-state index contributed by atoms with van der Waals surface area (Å²) in [4.78, 5) is 4.75. The molecule has 104 valence electrons. The largest absolute Gasteiger partial charge is 0.303 e. The van der Waals surface area contributed by atoms with E-state index >= 15 is 0 Å². The highest BCUT2D eigenvalue weighted by Gasteiger charge is 2.34. The lowest BCUT2D eigenvalue weighted by molar-refractivity contribution is 0.231. The van der Waals surface area contributed by atoms with Crippen LogP contribution in [-0.2, 0) is 5.54 Å². The molecule has 1 aromatic rings. The lowest BCUT2D eigenvalue weighted by Gasteiger charge is -2.36. The van der Waals surface area contributed by atoms with E-state index in [1.807, 2.05) is 0 Å². The first-order valence-corrected chi connectivity index (χ1v) is 8.01.